The van der Waals surface area contributed by atoms with E-state index in [-0.39, 0.29) is 0 Å². The number of benzene rings is 1. The smallest absolute Gasteiger partial charge is 0.110 e. The molecule has 1 aromatic carbocycles. The van der Waals surface area contributed by atoms with Crippen LogP contribution in [0.25, 0.3) is 0 Å². The van der Waals surface area contributed by atoms with Gasteiger partial charge in [-0.3, -0.25) is 0 Å². The molecule has 21 heavy (non-hydrogen) atoms. The molecule has 1 heterocycles. The average Bonchev–Trinajstić information content (AvgIpc) is 2.91. The maximum absolute atomic E-state index is 4.55. The first kappa shape index (κ1) is 16.5. The van der Waals surface area contributed by atoms with Gasteiger partial charge in [-0.1, -0.05) is 26.0 Å². The Morgan fingerprint density at radius 1 is 1.29 bits per heavy atom. The molecule has 0 amide bonds. The van der Waals surface area contributed by atoms with Crippen LogP contribution in [0.4, 0.5) is 0 Å². The van der Waals surface area contributed by atoms with E-state index >= 15 is 0 Å². The van der Waals surface area contributed by atoms with Crippen LogP contribution in [-0.4, -0.2) is 16.1 Å². The van der Waals surface area contributed by atoms with Crippen molar-refractivity contribution in [2.24, 2.45) is 0 Å². The molecule has 2 rings (SSSR count). The number of hydrogen-bond acceptors (Lipinski definition) is 2. The fraction of sp³-hybridized carbons (Fsp3) is 0.471. The second-order valence-corrected chi connectivity index (χ2v) is 6.55. The lowest BCUT2D eigenvalue weighted by Gasteiger charge is -2.20. The zero-order valence-electron chi connectivity index (χ0n) is 12.8. The molecule has 0 spiro atoms. The van der Waals surface area contributed by atoms with Crippen molar-refractivity contribution >= 4 is 22.6 Å². The Bertz CT molecular complexity index is 550. The molecule has 1 aromatic heterocycles. The fourth-order valence-corrected chi connectivity index (χ4v) is 3.07. The van der Waals surface area contributed by atoms with Crippen LogP contribution in [0.1, 0.15) is 44.1 Å². The molecule has 0 aliphatic heterocycles. The van der Waals surface area contributed by atoms with Crippen molar-refractivity contribution in [3.05, 3.63) is 51.6 Å². The maximum atomic E-state index is 4.55. The summed E-state index contributed by atoms with van der Waals surface area (Å²) in [5, 5.41) is 3.66. The normalized spacial score (nSPS) is 12.5. The van der Waals surface area contributed by atoms with Gasteiger partial charge in [-0.05, 0) is 59.7 Å². The van der Waals surface area contributed by atoms with Crippen LogP contribution in [0.15, 0.2) is 36.7 Å². The summed E-state index contributed by atoms with van der Waals surface area (Å²) in [5.41, 5.74) is 1.35. The molecule has 3 nitrogen and oxygen atoms in total. The molecule has 1 unspecified atom stereocenters. The number of aromatic nitrogens is 2. The molecular formula is C17H24IN3. The molecule has 0 radical (unpaired) electrons. The number of nitrogens with one attached hydrogen (secondary N) is 1. The van der Waals surface area contributed by atoms with Crippen LogP contribution in [0, 0.1) is 3.57 Å². The van der Waals surface area contributed by atoms with Gasteiger partial charge in [-0.2, -0.15) is 0 Å². The van der Waals surface area contributed by atoms with Gasteiger partial charge in [0, 0.05) is 35.0 Å². The highest BCUT2D eigenvalue weighted by Crippen LogP contribution is 2.20. The Morgan fingerprint density at radius 2 is 2.14 bits per heavy atom. The zero-order valence-corrected chi connectivity index (χ0v) is 15.0. The average molecular weight is 397 g/mol. The van der Waals surface area contributed by atoms with E-state index in [1.165, 1.54) is 15.0 Å². The Morgan fingerprint density at radius 3 is 2.86 bits per heavy atom. The molecule has 2 aromatic rings. The van der Waals surface area contributed by atoms with Crippen LogP contribution in [-0.2, 0) is 13.0 Å². The van der Waals surface area contributed by atoms with Gasteiger partial charge in [0.05, 0.1) is 0 Å². The Kier molecular flexibility index (Phi) is 6.70. The van der Waals surface area contributed by atoms with E-state index in [2.05, 4.69) is 81.8 Å². The predicted molar refractivity (Wildman–Crippen MR) is 96.4 cm³/mol. The first-order valence-corrected chi connectivity index (χ1v) is 8.81. The van der Waals surface area contributed by atoms with E-state index in [1.54, 1.807) is 0 Å². The molecule has 1 N–H and O–H groups in total. The summed E-state index contributed by atoms with van der Waals surface area (Å²) < 4.78 is 3.56. The van der Waals surface area contributed by atoms with E-state index < -0.39 is 0 Å². The molecule has 4 heteroatoms. The third-order valence-electron chi connectivity index (χ3n) is 3.54. The van der Waals surface area contributed by atoms with Crippen molar-refractivity contribution in [2.75, 3.05) is 6.54 Å². The van der Waals surface area contributed by atoms with Gasteiger partial charge < -0.3 is 9.88 Å². The highest BCUT2D eigenvalue weighted by molar-refractivity contribution is 14.1. The highest BCUT2D eigenvalue weighted by atomic mass is 127. The summed E-state index contributed by atoms with van der Waals surface area (Å²) in [5.74, 6) is 1.17. The minimum absolute atomic E-state index is 0.331. The minimum atomic E-state index is 0.331. The highest BCUT2D eigenvalue weighted by Gasteiger charge is 2.15. The Balaban J connectivity index is 2.17. The molecule has 0 aliphatic carbocycles. The topological polar surface area (TPSA) is 29.9 Å². The third kappa shape index (κ3) is 4.81. The fourth-order valence-electron chi connectivity index (χ4n) is 2.51. The third-order valence-corrected chi connectivity index (χ3v) is 4.22. The van der Waals surface area contributed by atoms with Crippen molar-refractivity contribution in [3.63, 3.8) is 0 Å². The summed E-state index contributed by atoms with van der Waals surface area (Å²) in [6.45, 7) is 6.49. The molecule has 0 saturated heterocycles. The summed E-state index contributed by atoms with van der Waals surface area (Å²) >= 11 is 2.38. The van der Waals surface area contributed by atoms with E-state index in [4.69, 9.17) is 0 Å². The van der Waals surface area contributed by atoms with Gasteiger partial charge in [0.25, 0.3) is 0 Å². The number of nitrogens with zero attached hydrogens (tertiary/aromatic N) is 2. The van der Waals surface area contributed by atoms with E-state index in [1.807, 2.05) is 6.20 Å². The lowest BCUT2D eigenvalue weighted by atomic mass is 10.0. The van der Waals surface area contributed by atoms with E-state index in [9.17, 15) is 0 Å². The van der Waals surface area contributed by atoms with Gasteiger partial charge in [-0.15, -0.1) is 0 Å². The first-order valence-electron chi connectivity index (χ1n) is 7.73. The molecule has 0 fully saturated rings. The van der Waals surface area contributed by atoms with Crippen molar-refractivity contribution in [3.8, 4) is 0 Å². The number of aryl methyl sites for hydroxylation is 1. The van der Waals surface area contributed by atoms with Crippen molar-refractivity contribution in [1.29, 1.82) is 0 Å². The van der Waals surface area contributed by atoms with E-state index in [0.29, 0.717) is 6.04 Å². The van der Waals surface area contributed by atoms with Crippen LogP contribution in [0.2, 0.25) is 0 Å². The summed E-state index contributed by atoms with van der Waals surface area (Å²) in [7, 11) is 0. The van der Waals surface area contributed by atoms with Crippen molar-refractivity contribution < 1.29 is 0 Å². The standard InChI is InChI=1S/C17H24IN3/c1-3-8-19-16(14-6-5-7-15(18)12-14)13-17-20-9-11-21(17)10-4-2/h5-7,9,11-12,16,19H,3-4,8,10,13H2,1-2H3. The van der Waals surface area contributed by atoms with Crippen LogP contribution in [0.5, 0.6) is 0 Å². The summed E-state index contributed by atoms with van der Waals surface area (Å²) in [4.78, 5) is 4.55. The van der Waals surface area contributed by atoms with Crippen molar-refractivity contribution in [1.82, 2.24) is 14.9 Å². The number of halogens is 1. The monoisotopic (exact) mass is 397 g/mol. The molecule has 1 atom stereocenters. The first-order chi connectivity index (χ1) is 10.2. The van der Waals surface area contributed by atoms with Gasteiger partial charge in [0.15, 0.2) is 0 Å². The number of imidazole rings is 1. The molecule has 114 valence electrons. The zero-order chi connectivity index (χ0) is 15.1. The largest absolute Gasteiger partial charge is 0.335 e. The van der Waals surface area contributed by atoms with Crippen LogP contribution in [0.3, 0.4) is 0 Å². The van der Waals surface area contributed by atoms with Gasteiger partial charge in [0.2, 0.25) is 0 Å². The lowest BCUT2D eigenvalue weighted by Crippen LogP contribution is -2.25. The summed E-state index contributed by atoms with van der Waals surface area (Å²) in [6.07, 6.45) is 7.22. The molecule has 0 saturated carbocycles. The van der Waals surface area contributed by atoms with E-state index in [0.717, 1.165) is 32.4 Å². The number of hydrogen-bond donors (Lipinski definition) is 1. The molecule has 0 bridgehead atoms. The van der Waals surface area contributed by atoms with Crippen LogP contribution >= 0.6 is 22.6 Å². The second-order valence-electron chi connectivity index (χ2n) is 5.30. The number of rotatable bonds is 8. The molecule has 0 aliphatic rings. The van der Waals surface area contributed by atoms with Gasteiger partial charge >= 0.3 is 0 Å². The van der Waals surface area contributed by atoms with Gasteiger partial charge in [0.1, 0.15) is 5.82 Å². The van der Waals surface area contributed by atoms with Gasteiger partial charge in [-0.25, -0.2) is 4.98 Å². The SMILES string of the molecule is CCCNC(Cc1nccn1CCC)c1cccc(I)c1. The summed E-state index contributed by atoms with van der Waals surface area (Å²) in [6, 6.07) is 9.08. The quantitative estimate of drug-likeness (QED) is 0.678. The predicted octanol–water partition coefficient (Wildman–Crippen LogP) is 4.18. The lowest BCUT2D eigenvalue weighted by molar-refractivity contribution is 0.502. The Labute approximate surface area is 141 Å². The van der Waals surface area contributed by atoms with Crippen LogP contribution < -0.4 is 5.32 Å². The maximum Gasteiger partial charge on any atom is 0.110 e. The van der Waals surface area contributed by atoms with Crippen molar-refractivity contribution in [2.45, 2.75) is 45.7 Å². The second kappa shape index (κ2) is 8.54. The molecular weight excluding hydrogens is 373 g/mol. The minimum Gasteiger partial charge on any atom is -0.335 e. The Hall–Kier alpha value is -0.880.